The summed E-state index contributed by atoms with van der Waals surface area (Å²) >= 11 is 0. The Morgan fingerprint density at radius 1 is 1.19 bits per heavy atom. The summed E-state index contributed by atoms with van der Waals surface area (Å²) in [6, 6.07) is 7.90. The number of rotatable bonds is 3. The second-order valence-corrected chi connectivity index (χ2v) is 6.54. The molecule has 8 heteroatoms. The third kappa shape index (κ3) is 2.42. The lowest BCUT2D eigenvalue weighted by molar-refractivity contribution is 0.423. The molecule has 0 radical (unpaired) electrons. The highest BCUT2D eigenvalue weighted by Gasteiger charge is 2.27. The lowest BCUT2D eigenvalue weighted by atomic mass is 9.95. The quantitative estimate of drug-likeness (QED) is 0.615. The first-order valence-corrected chi connectivity index (χ1v) is 8.69. The fourth-order valence-corrected chi connectivity index (χ4v) is 3.51. The molecule has 0 aromatic carbocycles. The SMILES string of the molecule is Cc1[nH]ncc1-c1nc(C2CCn3nccc3C2)n(-c2ccccn2)n1. The van der Waals surface area contributed by atoms with Crippen LogP contribution in [0, 0.1) is 6.92 Å². The summed E-state index contributed by atoms with van der Waals surface area (Å²) in [5.74, 6) is 2.67. The number of aromatic nitrogens is 8. The molecule has 0 fully saturated rings. The van der Waals surface area contributed by atoms with Crippen LogP contribution in [0.2, 0.25) is 0 Å². The van der Waals surface area contributed by atoms with Gasteiger partial charge in [0.05, 0.1) is 11.8 Å². The predicted octanol–water partition coefficient (Wildman–Crippen LogP) is 2.29. The highest BCUT2D eigenvalue weighted by Crippen LogP contribution is 2.31. The van der Waals surface area contributed by atoms with Gasteiger partial charge in [0, 0.05) is 36.2 Å². The van der Waals surface area contributed by atoms with Crippen LogP contribution in [0.4, 0.5) is 0 Å². The van der Waals surface area contributed by atoms with Crippen LogP contribution >= 0.6 is 0 Å². The minimum Gasteiger partial charge on any atom is -0.282 e. The van der Waals surface area contributed by atoms with Crippen molar-refractivity contribution in [2.75, 3.05) is 0 Å². The summed E-state index contributed by atoms with van der Waals surface area (Å²) in [6.07, 6.45) is 7.29. The molecule has 4 aromatic rings. The van der Waals surface area contributed by atoms with Crippen LogP contribution in [0.3, 0.4) is 0 Å². The van der Waals surface area contributed by atoms with Crippen molar-refractivity contribution in [2.45, 2.75) is 32.2 Å². The Labute approximate surface area is 149 Å². The lowest BCUT2D eigenvalue weighted by Gasteiger charge is -2.22. The van der Waals surface area contributed by atoms with Gasteiger partial charge in [-0.2, -0.15) is 14.9 Å². The molecule has 0 saturated heterocycles. The second-order valence-electron chi connectivity index (χ2n) is 6.54. The van der Waals surface area contributed by atoms with Crippen LogP contribution in [0.15, 0.2) is 42.9 Å². The standard InChI is InChI=1S/C18H18N8/c1-12-15(11-20-23-12)17-22-18(26(24-17)16-4-2-3-7-19-16)13-6-9-25-14(10-13)5-8-21-25/h2-5,7-8,11,13H,6,9-10H2,1H3,(H,20,23). The molecule has 5 rings (SSSR count). The van der Waals surface area contributed by atoms with Gasteiger partial charge < -0.3 is 0 Å². The molecule has 0 bridgehead atoms. The van der Waals surface area contributed by atoms with Crippen LogP contribution in [-0.2, 0) is 13.0 Å². The van der Waals surface area contributed by atoms with E-state index in [2.05, 4.69) is 31.0 Å². The van der Waals surface area contributed by atoms with Gasteiger partial charge in [-0.3, -0.25) is 9.78 Å². The van der Waals surface area contributed by atoms with Crippen molar-refractivity contribution >= 4 is 0 Å². The van der Waals surface area contributed by atoms with Crippen molar-refractivity contribution in [3.05, 3.63) is 60.1 Å². The maximum atomic E-state index is 4.89. The van der Waals surface area contributed by atoms with Crippen molar-refractivity contribution in [2.24, 2.45) is 0 Å². The number of aryl methyl sites for hydroxylation is 2. The number of hydrogen-bond acceptors (Lipinski definition) is 5. The lowest BCUT2D eigenvalue weighted by Crippen LogP contribution is -2.21. The van der Waals surface area contributed by atoms with Gasteiger partial charge in [0.25, 0.3) is 0 Å². The number of hydrogen-bond donors (Lipinski definition) is 1. The van der Waals surface area contributed by atoms with Crippen LogP contribution in [-0.4, -0.2) is 39.7 Å². The molecular formula is C18H18N8. The Morgan fingerprint density at radius 3 is 2.96 bits per heavy atom. The van der Waals surface area contributed by atoms with Gasteiger partial charge >= 0.3 is 0 Å². The summed E-state index contributed by atoms with van der Waals surface area (Å²) < 4.78 is 3.94. The number of aromatic amines is 1. The van der Waals surface area contributed by atoms with E-state index in [9.17, 15) is 0 Å². The Balaban J connectivity index is 1.62. The van der Waals surface area contributed by atoms with Crippen molar-refractivity contribution in [3.63, 3.8) is 0 Å². The van der Waals surface area contributed by atoms with Gasteiger partial charge in [0.1, 0.15) is 5.82 Å². The van der Waals surface area contributed by atoms with Gasteiger partial charge in [-0.05, 0) is 38.0 Å². The van der Waals surface area contributed by atoms with Crippen LogP contribution in [0.5, 0.6) is 0 Å². The summed E-state index contributed by atoms with van der Waals surface area (Å²) in [6.45, 7) is 2.87. The summed E-state index contributed by atoms with van der Waals surface area (Å²) in [4.78, 5) is 9.37. The van der Waals surface area contributed by atoms with Crippen LogP contribution in [0.25, 0.3) is 17.2 Å². The van der Waals surface area contributed by atoms with Gasteiger partial charge in [-0.15, -0.1) is 5.10 Å². The molecule has 1 aliphatic rings. The van der Waals surface area contributed by atoms with E-state index in [1.165, 1.54) is 5.69 Å². The molecule has 0 saturated carbocycles. The van der Waals surface area contributed by atoms with E-state index in [0.29, 0.717) is 5.82 Å². The molecule has 5 heterocycles. The Kier molecular flexibility index (Phi) is 3.41. The number of nitrogens with zero attached hydrogens (tertiary/aromatic N) is 7. The van der Waals surface area contributed by atoms with E-state index in [-0.39, 0.29) is 5.92 Å². The largest absolute Gasteiger partial charge is 0.282 e. The molecule has 0 aliphatic carbocycles. The highest BCUT2D eigenvalue weighted by molar-refractivity contribution is 5.56. The zero-order valence-electron chi connectivity index (χ0n) is 14.4. The topological polar surface area (TPSA) is 90.1 Å². The second kappa shape index (κ2) is 5.91. The number of fused-ring (bicyclic) bond motifs is 1. The van der Waals surface area contributed by atoms with E-state index in [4.69, 9.17) is 10.1 Å². The van der Waals surface area contributed by atoms with E-state index < -0.39 is 0 Å². The minimum absolute atomic E-state index is 0.273. The van der Waals surface area contributed by atoms with Crippen molar-refractivity contribution in [3.8, 4) is 17.2 Å². The average Bonchev–Trinajstić information content (AvgIpc) is 3.40. The van der Waals surface area contributed by atoms with Gasteiger partial charge in [0.2, 0.25) is 0 Å². The first-order valence-electron chi connectivity index (χ1n) is 8.69. The van der Waals surface area contributed by atoms with E-state index in [0.717, 1.165) is 42.3 Å². The van der Waals surface area contributed by atoms with E-state index in [1.54, 1.807) is 12.4 Å². The Bertz CT molecular complexity index is 1040. The monoisotopic (exact) mass is 346 g/mol. The summed E-state index contributed by atoms with van der Waals surface area (Å²) in [7, 11) is 0. The maximum absolute atomic E-state index is 4.89. The summed E-state index contributed by atoms with van der Waals surface area (Å²) in [5, 5.41) is 16.2. The number of H-pyrrole nitrogens is 1. The van der Waals surface area contributed by atoms with Crippen LogP contribution < -0.4 is 0 Å². The maximum Gasteiger partial charge on any atom is 0.185 e. The fraction of sp³-hybridized carbons (Fsp3) is 0.278. The zero-order chi connectivity index (χ0) is 17.5. The molecule has 8 nitrogen and oxygen atoms in total. The molecule has 0 amide bonds. The molecular weight excluding hydrogens is 328 g/mol. The molecule has 0 spiro atoms. The molecule has 1 N–H and O–H groups in total. The first kappa shape index (κ1) is 15.0. The molecule has 1 atom stereocenters. The first-order chi connectivity index (χ1) is 12.8. The van der Waals surface area contributed by atoms with Gasteiger partial charge in [-0.25, -0.2) is 9.97 Å². The third-order valence-corrected chi connectivity index (χ3v) is 4.88. The van der Waals surface area contributed by atoms with Crippen LogP contribution in [0.1, 0.15) is 29.6 Å². The molecule has 1 unspecified atom stereocenters. The van der Waals surface area contributed by atoms with Gasteiger partial charge in [-0.1, -0.05) is 6.07 Å². The number of pyridine rings is 1. The summed E-state index contributed by atoms with van der Waals surface area (Å²) in [5.41, 5.74) is 3.11. The van der Waals surface area contributed by atoms with Crippen molar-refractivity contribution in [1.82, 2.24) is 39.7 Å². The molecule has 130 valence electrons. The smallest absolute Gasteiger partial charge is 0.185 e. The average molecular weight is 346 g/mol. The van der Waals surface area contributed by atoms with Gasteiger partial charge in [0.15, 0.2) is 11.6 Å². The minimum atomic E-state index is 0.273. The Morgan fingerprint density at radius 2 is 2.15 bits per heavy atom. The third-order valence-electron chi connectivity index (χ3n) is 4.88. The molecule has 26 heavy (non-hydrogen) atoms. The van der Waals surface area contributed by atoms with E-state index >= 15 is 0 Å². The Hall–Kier alpha value is -3.29. The van der Waals surface area contributed by atoms with E-state index in [1.807, 2.05) is 36.0 Å². The predicted molar refractivity (Wildman–Crippen MR) is 94.8 cm³/mol. The zero-order valence-corrected chi connectivity index (χ0v) is 14.4. The normalized spacial score (nSPS) is 16.6. The van der Waals surface area contributed by atoms with Crippen molar-refractivity contribution < 1.29 is 0 Å². The molecule has 1 aliphatic heterocycles. The number of nitrogens with one attached hydrogen (secondary N) is 1. The highest BCUT2D eigenvalue weighted by atomic mass is 15.4. The molecule has 4 aromatic heterocycles. The van der Waals surface area contributed by atoms with Crippen molar-refractivity contribution in [1.29, 1.82) is 0 Å². The fourth-order valence-electron chi connectivity index (χ4n) is 3.51.